The van der Waals surface area contributed by atoms with E-state index in [9.17, 15) is 8.78 Å². The molecule has 0 radical (unpaired) electrons. The van der Waals surface area contributed by atoms with E-state index in [4.69, 9.17) is 0 Å². The molecule has 0 aliphatic heterocycles. The maximum atomic E-state index is 13.5. The molecule has 1 aromatic heterocycles. The first-order chi connectivity index (χ1) is 9.24. The average molecular weight is 258 g/mol. The molecule has 96 valence electrons. The van der Waals surface area contributed by atoms with Gasteiger partial charge in [-0.15, -0.1) is 0 Å². The molecule has 0 fully saturated rings. The lowest BCUT2D eigenvalue weighted by atomic mass is 10.1. The van der Waals surface area contributed by atoms with E-state index in [1.165, 1.54) is 0 Å². The maximum absolute atomic E-state index is 13.5. The standard InChI is InChI=1S/C15H12F2N2/c16-11-4-5-13(17)15(8-11)19-9-10-2-1-3-14-12(10)6-7-18-14/h1-8,18-19H,9H2. The largest absolute Gasteiger partial charge is 0.378 e. The fourth-order valence-electron chi connectivity index (χ4n) is 2.13. The molecule has 0 unspecified atom stereocenters. The van der Waals surface area contributed by atoms with Crippen LogP contribution in [0.2, 0.25) is 0 Å². The van der Waals surface area contributed by atoms with E-state index in [-0.39, 0.29) is 5.69 Å². The van der Waals surface area contributed by atoms with Gasteiger partial charge in [-0.25, -0.2) is 8.78 Å². The van der Waals surface area contributed by atoms with Crippen molar-refractivity contribution in [1.82, 2.24) is 4.98 Å². The summed E-state index contributed by atoms with van der Waals surface area (Å²) >= 11 is 0. The van der Waals surface area contributed by atoms with Crippen LogP contribution in [0.4, 0.5) is 14.5 Å². The van der Waals surface area contributed by atoms with Gasteiger partial charge in [0.05, 0.1) is 5.69 Å². The number of aromatic amines is 1. The van der Waals surface area contributed by atoms with Crippen molar-refractivity contribution >= 4 is 16.6 Å². The Bertz CT molecular complexity index is 719. The van der Waals surface area contributed by atoms with E-state index in [1.807, 2.05) is 30.5 Å². The minimum atomic E-state index is -0.456. The van der Waals surface area contributed by atoms with Gasteiger partial charge in [0.15, 0.2) is 0 Å². The normalized spacial score (nSPS) is 10.8. The summed E-state index contributed by atoms with van der Waals surface area (Å²) in [5.41, 5.74) is 2.23. The van der Waals surface area contributed by atoms with Crippen molar-refractivity contribution in [2.45, 2.75) is 6.54 Å². The minimum absolute atomic E-state index is 0.174. The summed E-state index contributed by atoms with van der Waals surface area (Å²) < 4.78 is 26.6. The molecule has 19 heavy (non-hydrogen) atoms. The van der Waals surface area contributed by atoms with E-state index < -0.39 is 11.6 Å². The molecule has 0 atom stereocenters. The maximum Gasteiger partial charge on any atom is 0.146 e. The second kappa shape index (κ2) is 4.72. The fourth-order valence-corrected chi connectivity index (χ4v) is 2.13. The van der Waals surface area contributed by atoms with Crippen LogP contribution in [-0.4, -0.2) is 4.98 Å². The fraction of sp³-hybridized carbons (Fsp3) is 0.0667. The lowest BCUT2D eigenvalue weighted by Gasteiger charge is -2.08. The average Bonchev–Trinajstić information content (AvgIpc) is 2.88. The Morgan fingerprint density at radius 1 is 1.05 bits per heavy atom. The summed E-state index contributed by atoms with van der Waals surface area (Å²) in [6.07, 6.45) is 1.86. The first-order valence-electron chi connectivity index (χ1n) is 5.98. The van der Waals surface area contributed by atoms with Crippen molar-refractivity contribution in [3.8, 4) is 0 Å². The molecular formula is C15H12F2N2. The molecule has 4 heteroatoms. The van der Waals surface area contributed by atoms with Gasteiger partial charge in [0.2, 0.25) is 0 Å². The number of fused-ring (bicyclic) bond motifs is 1. The van der Waals surface area contributed by atoms with Crippen molar-refractivity contribution in [3.63, 3.8) is 0 Å². The highest BCUT2D eigenvalue weighted by Crippen LogP contribution is 2.20. The third-order valence-corrected chi connectivity index (χ3v) is 3.08. The zero-order chi connectivity index (χ0) is 13.2. The van der Waals surface area contributed by atoms with Crippen LogP contribution in [-0.2, 0) is 6.54 Å². The van der Waals surface area contributed by atoms with E-state index in [0.29, 0.717) is 6.54 Å². The van der Waals surface area contributed by atoms with Crippen LogP contribution in [0.1, 0.15) is 5.56 Å². The van der Waals surface area contributed by atoms with Crippen LogP contribution in [0.5, 0.6) is 0 Å². The van der Waals surface area contributed by atoms with Gasteiger partial charge in [0.1, 0.15) is 11.6 Å². The highest BCUT2D eigenvalue weighted by Gasteiger charge is 2.05. The van der Waals surface area contributed by atoms with Crippen molar-refractivity contribution in [2.24, 2.45) is 0 Å². The van der Waals surface area contributed by atoms with Crippen LogP contribution in [0.25, 0.3) is 10.9 Å². The highest BCUT2D eigenvalue weighted by atomic mass is 19.1. The molecule has 1 heterocycles. The van der Waals surface area contributed by atoms with Crippen molar-refractivity contribution in [2.75, 3.05) is 5.32 Å². The second-order valence-electron chi connectivity index (χ2n) is 4.33. The van der Waals surface area contributed by atoms with Crippen LogP contribution in [0.15, 0.2) is 48.7 Å². The first-order valence-corrected chi connectivity index (χ1v) is 5.98. The molecule has 2 N–H and O–H groups in total. The van der Waals surface area contributed by atoms with Gasteiger partial charge in [-0.3, -0.25) is 0 Å². The smallest absolute Gasteiger partial charge is 0.146 e. The highest BCUT2D eigenvalue weighted by molar-refractivity contribution is 5.83. The first kappa shape index (κ1) is 11.7. The minimum Gasteiger partial charge on any atom is -0.378 e. The third-order valence-electron chi connectivity index (χ3n) is 3.08. The zero-order valence-corrected chi connectivity index (χ0v) is 10.1. The molecule has 0 aliphatic carbocycles. The second-order valence-corrected chi connectivity index (χ2v) is 4.33. The van der Waals surface area contributed by atoms with Crippen molar-refractivity contribution in [3.05, 3.63) is 65.9 Å². The predicted molar refractivity (Wildman–Crippen MR) is 72.0 cm³/mol. The van der Waals surface area contributed by atoms with Gasteiger partial charge in [-0.05, 0) is 35.9 Å². The molecule has 3 rings (SSSR count). The number of anilines is 1. The number of hydrogen-bond donors (Lipinski definition) is 2. The lowest BCUT2D eigenvalue weighted by Crippen LogP contribution is -2.02. The number of H-pyrrole nitrogens is 1. The summed E-state index contributed by atoms with van der Waals surface area (Å²) in [5.74, 6) is -0.911. The molecule has 0 spiro atoms. The van der Waals surface area contributed by atoms with Crippen molar-refractivity contribution in [1.29, 1.82) is 0 Å². The van der Waals surface area contributed by atoms with Crippen LogP contribution in [0.3, 0.4) is 0 Å². The summed E-state index contributed by atoms with van der Waals surface area (Å²) in [7, 11) is 0. The number of rotatable bonds is 3. The van der Waals surface area contributed by atoms with Crippen LogP contribution < -0.4 is 5.32 Å². The zero-order valence-electron chi connectivity index (χ0n) is 10.1. The van der Waals surface area contributed by atoms with Gasteiger partial charge in [0.25, 0.3) is 0 Å². The number of aromatic nitrogens is 1. The van der Waals surface area contributed by atoms with Gasteiger partial charge in [-0.2, -0.15) is 0 Å². The number of benzene rings is 2. The Morgan fingerprint density at radius 2 is 1.95 bits per heavy atom. The number of halogens is 2. The van der Waals surface area contributed by atoms with Gasteiger partial charge in [0, 0.05) is 23.6 Å². The van der Waals surface area contributed by atoms with Gasteiger partial charge >= 0.3 is 0 Å². The van der Waals surface area contributed by atoms with E-state index in [2.05, 4.69) is 10.3 Å². The molecule has 0 aliphatic rings. The molecule has 0 bridgehead atoms. The Morgan fingerprint density at radius 3 is 2.84 bits per heavy atom. The molecule has 0 saturated carbocycles. The Hall–Kier alpha value is -2.36. The number of nitrogens with one attached hydrogen (secondary N) is 2. The SMILES string of the molecule is Fc1ccc(F)c(NCc2cccc3[nH]ccc23)c1. The summed E-state index contributed by atoms with van der Waals surface area (Å²) in [6, 6.07) is 11.2. The molecule has 2 aromatic carbocycles. The Labute approximate surface area is 109 Å². The monoisotopic (exact) mass is 258 g/mol. The summed E-state index contributed by atoms with van der Waals surface area (Å²) in [5, 5.41) is 4.00. The third kappa shape index (κ3) is 2.29. The van der Waals surface area contributed by atoms with Crippen molar-refractivity contribution < 1.29 is 8.78 Å². The number of hydrogen-bond acceptors (Lipinski definition) is 1. The van der Waals surface area contributed by atoms with Gasteiger partial charge < -0.3 is 10.3 Å². The van der Waals surface area contributed by atoms with Gasteiger partial charge in [-0.1, -0.05) is 12.1 Å². The topological polar surface area (TPSA) is 27.8 Å². The molecule has 0 amide bonds. The molecule has 2 nitrogen and oxygen atoms in total. The molecular weight excluding hydrogens is 246 g/mol. The van der Waals surface area contributed by atoms with E-state index in [0.717, 1.165) is 34.7 Å². The van der Waals surface area contributed by atoms with Crippen LogP contribution in [0, 0.1) is 11.6 Å². The van der Waals surface area contributed by atoms with E-state index >= 15 is 0 Å². The Balaban J connectivity index is 1.86. The predicted octanol–water partition coefficient (Wildman–Crippen LogP) is 4.06. The quantitative estimate of drug-likeness (QED) is 0.728. The molecule has 3 aromatic rings. The molecule has 0 saturated heterocycles. The lowest BCUT2D eigenvalue weighted by molar-refractivity contribution is 0.602. The summed E-state index contributed by atoms with van der Waals surface area (Å²) in [4.78, 5) is 3.12. The Kier molecular flexibility index (Phi) is 2.91. The van der Waals surface area contributed by atoms with Crippen LogP contribution >= 0.6 is 0 Å². The summed E-state index contributed by atoms with van der Waals surface area (Å²) in [6.45, 7) is 0.440. The van der Waals surface area contributed by atoms with E-state index in [1.54, 1.807) is 0 Å².